The maximum absolute atomic E-state index is 0. The minimum Gasteiger partial charge on any atom is -2.00 e. The molecule has 0 aromatic heterocycles. The zero-order valence-electron chi connectivity index (χ0n) is 1.71. The Morgan fingerprint density at radius 2 is 0.750 bits per heavy atom. The van der Waals surface area contributed by atoms with Crippen LogP contribution < -0.4 is 0 Å². The van der Waals surface area contributed by atoms with Crippen molar-refractivity contribution < 1.29 is 42.6 Å². The van der Waals surface area contributed by atoms with Crippen molar-refractivity contribution in [3.63, 3.8) is 0 Å². The molecule has 0 aliphatic carbocycles. The molecule has 0 N–H and O–H groups in total. The Morgan fingerprint density at radius 3 is 0.750 bits per heavy atom. The summed E-state index contributed by atoms with van der Waals surface area (Å²) in [4.78, 5) is 0. The monoisotopic (exact) mass is 150 g/mol. The second-order valence-corrected chi connectivity index (χ2v) is 0. The Balaban J connectivity index is 0. The van der Waals surface area contributed by atoms with Gasteiger partial charge in [-0.05, 0) is 0 Å². The van der Waals surface area contributed by atoms with Gasteiger partial charge in [-0.2, -0.15) is 0 Å². The first kappa shape index (κ1) is 50.3. The summed E-state index contributed by atoms with van der Waals surface area (Å²) < 4.78 is 0. The number of hydrogen-bond donors (Lipinski definition) is 0. The molecule has 4 heavy (non-hydrogen) atoms. The first-order valence-electron chi connectivity index (χ1n) is 0. The summed E-state index contributed by atoms with van der Waals surface area (Å²) in [6.07, 6.45) is 0. The van der Waals surface area contributed by atoms with Crippen molar-refractivity contribution >= 4 is 13.5 Å². The van der Waals surface area contributed by atoms with E-state index in [0.717, 1.165) is 0 Å². The molecule has 0 heterocycles. The van der Waals surface area contributed by atoms with E-state index >= 15 is 0 Å². The van der Waals surface area contributed by atoms with Gasteiger partial charge < -0.3 is 19.0 Å². The Hall–Kier alpha value is 1.48. The smallest absolute Gasteiger partial charge is 0 e. The quantitative estimate of drug-likeness (QED) is 0.460. The number of rotatable bonds is 0. The molecule has 0 bridgehead atoms. The van der Waals surface area contributed by atoms with Crippen molar-refractivity contribution in [1.82, 2.24) is 0 Å². The summed E-state index contributed by atoms with van der Waals surface area (Å²) in [6, 6.07) is 0. The largest absolute Gasteiger partial charge is 2.00 e. The molecule has 26 valence electrons. The maximum Gasteiger partial charge on any atom is 0 e. The molecule has 0 saturated heterocycles. The van der Waals surface area contributed by atoms with Crippen molar-refractivity contribution in [2.75, 3.05) is 0 Å². The van der Waals surface area contributed by atoms with Crippen molar-refractivity contribution in [3.05, 3.63) is 0 Å². The van der Waals surface area contributed by atoms with Crippen LogP contribution >= 0.6 is 0 Å². The van der Waals surface area contributed by atoms with Gasteiger partial charge in [0.2, 0.25) is 0 Å². The van der Waals surface area contributed by atoms with Crippen LogP contribution in [0.5, 0.6) is 0 Å². The van der Waals surface area contributed by atoms with Crippen LogP contribution in [0.1, 0.15) is 0 Å². The zero-order valence-corrected chi connectivity index (χ0v) is 5.32. The summed E-state index contributed by atoms with van der Waals surface area (Å²) in [5.41, 5.74) is 0. The van der Waals surface area contributed by atoms with Crippen LogP contribution in [0.3, 0.4) is 0 Å². The summed E-state index contributed by atoms with van der Waals surface area (Å²) >= 11 is 0. The van der Waals surface area contributed by atoms with Gasteiger partial charge in [-0.3, -0.25) is 0 Å². The Bertz CT molecular complexity index is 6.00. The average molecular weight is 150 g/mol. The molecule has 0 atom stereocenters. The third-order valence-corrected chi connectivity index (χ3v) is 0. The normalized spacial score (nSPS) is 0. The molecule has 1 nitrogen and oxygen atoms in total. The molecule has 0 rings (SSSR count). The van der Waals surface area contributed by atoms with E-state index < -0.39 is 0 Å². The van der Waals surface area contributed by atoms with E-state index in [4.69, 9.17) is 0 Å². The van der Waals surface area contributed by atoms with E-state index in [9.17, 15) is 0 Å². The van der Waals surface area contributed by atoms with Gasteiger partial charge in [-0.25, -0.2) is 0 Å². The van der Waals surface area contributed by atoms with Gasteiger partial charge in [0.1, 0.15) is 0 Å². The molecular weight excluding hydrogens is 150 g/mol. The Labute approximate surface area is 56.1 Å². The van der Waals surface area contributed by atoms with Crippen LogP contribution in [0.4, 0.5) is 0 Å². The molecule has 0 fully saturated rings. The molecule has 2 radical (unpaired) electrons. The predicted molar refractivity (Wildman–Crippen MR) is 8.05 cm³/mol. The van der Waals surface area contributed by atoms with Crippen LogP contribution in [0.2, 0.25) is 0 Å². The Morgan fingerprint density at radius 1 is 0.750 bits per heavy atom. The fraction of sp³-hybridized carbons (Fsp3) is 0. The van der Waals surface area contributed by atoms with E-state index in [2.05, 4.69) is 0 Å². The van der Waals surface area contributed by atoms with Crippen molar-refractivity contribution in [3.8, 4) is 0 Å². The average Bonchev–Trinajstić information content (AvgIpc) is 0. The second kappa shape index (κ2) is 24.8. The van der Waals surface area contributed by atoms with Gasteiger partial charge in [0.25, 0.3) is 0 Å². The van der Waals surface area contributed by atoms with Gasteiger partial charge in [0.15, 0.2) is 0 Å². The summed E-state index contributed by atoms with van der Waals surface area (Å²) in [5, 5.41) is 0. The molecule has 4 heteroatoms. The molecule has 0 aliphatic rings. The topological polar surface area (TPSA) is 28.5 Å². The minimum absolute atomic E-state index is 0. The van der Waals surface area contributed by atoms with E-state index in [1.54, 1.807) is 0 Å². The molecule has 0 amide bonds. The molecule has 0 spiro atoms. The minimum atomic E-state index is 0. The molecule has 0 aliphatic heterocycles. The Kier molecular flexibility index (Phi) is 311. The molecule has 0 unspecified atom stereocenters. The molecule has 0 aromatic carbocycles. The third-order valence-electron chi connectivity index (χ3n) is 0. The third kappa shape index (κ3) is 9.77. The van der Waals surface area contributed by atoms with E-state index in [-0.39, 0.29) is 56.1 Å². The predicted octanol–water partition coefficient (Wildman–Crippen LogP) is -0.126. The van der Waals surface area contributed by atoms with Crippen molar-refractivity contribution in [2.24, 2.45) is 0 Å². The summed E-state index contributed by atoms with van der Waals surface area (Å²) in [5.74, 6) is 0. The van der Waals surface area contributed by atoms with E-state index in [0.29, 0.717) is 0 Å². The molecular formula is OSV2-4. The zero-order chi connectivity index (χ0) is 0. The van der Waals surface area contributed by atoms with E-state index in [1.807, 2.05) is 0 Å². The van der Waals surface area contributed by atoms with Gasteiger partial charge in [0.05, 0.1) is 0 Å². The van der Waals surface area contributed by atoms with Gasteiger partial charge in [0, 0.05) is 37.1 Å². The maximum atomic E-state index is 0. The van der Waals surface area contributed by atoms with Gasteiger partial charge in [-0.15, -0.1) is 0 Å². The van der Waals surface area contributed by atoms with Gasteiger partial charge in [-0.1, -0.05) is 0 Å². The van der Waals surface area contributed by atoms with E-state index in [1.165, 1.54) is 0 Å². The second-order valence-electron chi connectivity index (χ2n) is 0. The molecule has 0 aromatic rings. The fourth-order valence-corrected chi connectivity index (χ4v) is 0. The summed E-state index contributed by atoms with van der Waals surface area (Å²) in [7, 11) is 0. The standard InChI is InChI=1S/O.S.2V/q2*-2;;. The van der Waals surface area contributed by atoms with Gasteiger partial charge >= 0.3 is 0 Å². The first-order chi connectivity index (χ1) is 0. The van der Waals surface area contributed by atoms with Crippen LogP contribution in [-0.2, 0) is 56.1 Å². The van der Waals surface area contributed by atoms with Crippen molar-refractivity contribution in [1.29, 1.82) is 0 Å². The first-order valence-corrected chi connectivity index (χ1v) is 0. The van der Waals surface area contributed by atoms with Crippen LogP contribution in [0.25, 0.3) is 0 Å². The van der Waals surface area contributed by atoms with Crippen LogP contribution in [0.15, 0.2) is 0 Å². The number of hydrogen-bond acceptors (Lipinski definition) is 0. The fourth-order valence-electron chi connectivity index (χ4n) is 0. The van der Waals surface area contributed by atoms with Crippen molar-refractivity contribution in [2.45, 2.75) is 0 Å². The SMILES string of the molecule is [O-2].[S-2].[V].[V]. The van der Waals surface area contributed by atoms with Crippen LogP contribution in [0, 0.1) is 0 Å². The summed E-state index contributed by atoms with van der Waals surface area (Å²) in [6.45, 7) is 0. The molecule has 0 saturated carbocycles. The van der Waals surface area contributed by atoms with Crippen LogP contribution in [-0.4, -0.2) is 0 Å².